The summed E-state index contributed by atoms with van der Waals surface area (Å²) in [5.41, 5.74) is 2.79. The highest BCUT2D eigenvalue weighted by Crippen LogP contribution is 2.25. The van der Waals surface area contributed by atoms with Crippen molar-refractivity contribution >= 4 is 27.7 Å². The van der Waals surface area contributed by atoms with Gasteiger partial charge in [-0.2, -0.15) is 0 Å². The number of fused-ring (bicyclic) bond motifs is 2. The van der Waals surface area contributed by atoms with Gasteiger partial charge in [0.15, 0.2) is 0 Å². The predicted octanol–water partition coefficient (Wildman–Crippen LogP) is 3.84. The molecule has 0 fully saturated rings. The molecule has 1 unspecified atom stereocenters. The van der Waals surface area contributed by atoms with Crippen molar-refractivity contribution in [2.24, 2.45) is 0 Å². The van der Waals surface area contributed by atoms with Gasteiger partial charge in [-0.15, -0.1) is 0 Å². The van der Waals surface area contributed by atoms with Crippen molar-refractivity contribution in [3.8, 4) is 0 Å². The van der Waals surface area contributed by atoms with Gasteiger partial charge in [0.2, 0.25) is 5.56 Å². The highest BCUT2D eigenvalue weighted by Gasteiger charge is 2.22. The molecule has 0 aliphatic heterocycles. The molecule has 5 nitrogen and oxygen atoms in total. The number of nitrogens with one attached hydrogen (secondary N) is 2. The van der Waals surface area contributed by atoms with Gasteiger partial charge in [0.05, 0.1) is 11.6 Å². The summed E-state index contributed by atoms with van der Waals surface area (Å²) in [6.45, 7) is 1.97. The van der Waals surface area contributed by atoms with Crippen LogP contribution >= 0.6 is 0 Å². The second-order valence-electron chi connectivity index (χ2n) is 6.50. The Hall–Kier alpha value is -3.34. The largest absolute Gasteiger partial charge is 0.357 e. The number of aromatic amines is 2. The van der Waals surface area contributed by atoms with E-state index < -0.39 is 0 Å². The van der Waals surface area contributed by atoms with E-state index in [2.05, 4.69) is 16.0 Å². The number of pyridine rings is 1. The highest BCUT2D eigenvalue weighted by atomic mass is 16.2. The van der Waals surface area contributed by atoms with Crippen molar-refractivity contribution in [2.45, 2.75) is 13.0 Å². The van der Waals surface area contributed by atoms with E-state index in [-0.39, 0.29) is 17.5 Å². The molecule has 4 aromatic rings. The maximum Gasteiger partial charge on any atom is 0.255 e. The van der Waals surface area contributed by atoms with E-state index in [9.17, 15) is 9.59 Å². The third kappa shape index (κ3) is 2.67. The van der Waals surface area contributed by atoms with Gasteiger partial charge in [-0.05, 0) is 30.5 Å². The molecule has 0 aliphatic carbocycles. The molecule has 0 spiro atoms. The summed E-state index contributed by atoms with van der Waals surface area (Å²) >= 11 is 0. The quantitative estimate of drug-likeness (QED) is 0.592. The number of nitrogens with zero attached hydrogens (tertiary/aromatic N) is 1. The Bertz CT molecular complexity index is 1140. The minimum atomic E-state index is -0.279. The third-order valence-corrected chi connectivity index (χ3v) is 4.88. The summed E-state index contributed by atoms with van der Waals surface area (Å²) in [4.78, 5) is 32.9. The smallest absolute Gasteiger partial charge is 0.255 e. The Labute approximate surface area is 150 Å². The summed E-state index contributed by atoms with van der Waals surface area (Å²) in [5.74, 6) is -0.182. The van der Waals surface area contributed by atoms with Crippen molar-refractivity contribution in [2.75, 3.05) is 7.05 Å². The normalized spacial score (nSPS) is 12.4. The van der Waals surface area contributed by atoms with Crippen molar-refractivity contribution < 1.29 is 4.79 Å². The second kappa shape index (κ2) is 6.19. The topological polar surface area (TPSA) is 69.0 Å². The first-order valence-electron chi connectivity index (χ1n) is 8.51. The average Bonchev–Trinajstić information content (AvgIpc) is 3.09. The fraction of sp³-hybridized carbons (Fsp3) is 0.143. The Kier molecular flexibility index (Phi) is 3.84. The van der Waals surface area contributed by atoms with Gasteiger partial charge < -0.3 is 14.9 Å². The zero-order valence-corrected chi connectivity index (χ0v) is 14.6. The number of aromatic nitrogens is 2. The highest BCUT2D eigenvalue weighted by molar-refractivity contribution is 6.06. The van der Waals surface area contributed by atoms with Crippen LogP contribution in [0.5, 0.6) is 0 Å². The molecular formula is C21H19N3O2. The van der Waals surface area contributed by atoms with E-state index in [1.165, 1.54) is 6.07 Å². The summed E-state index contributed by atoms with van der Waals surface area (Å²) in [6.07, 6.45) is 0. The van der Waals surface area contributed by atoms with E-state index in [0.717, 1.165) is 22.0 Å². The Morgan fingerprint density at radius 2 is 1.65 bits per heavy atom. The molecule has 0 aliphatic rings. The number of amides is 1. The molecule has 26 heavy (non-hydrogen) atoms. The molecule has 0 saturated carbocycles. The third-order valence-electron chi connectivity index (χ3n) is 4.88. The van der Waals surface area contributed by atoms with Gasteiger partial charge in [0.1, 0.15) is 0 Å². The second-order valence-corrected chi connectivity index (χ2v) is 6.50. The lowest BCUT2D eigenvalue weighted by Gasteiger charge is -2.24. The molecule has 0 radical (unpaired) electrons. The first-order valence-corrected chi connectivity index (χ1v) is 8.51. The molecule has 130 valence electrons. The van der Waals surface area contributed by atoms with E-state index in [1.807, 2.05) is 49.4 Å². The molecule has 0 saturated heterocycles. The lowest BCUT2D eigenvalue weighted by atomic mass is 10.1. The maximum atomic E-state index is 13.1. The first-order chi connectivity index (χ1) is 12.5. The fourth-order valence-corrected chi connectivity index (χ4v) is 3.28. The van der Waals surface area contributed by atoms with Gasteiger partial charge in [0.25, 0.3) is 5.91 Å². The summed E-state index contributed by atoms with van der Waals surface area (Å²) in [6, 6.07) is 18.6. The summed E-state index contributed by atoms with van der Waals surface area (Å²) in [7, 11) is 1.76. The number of para-hydroxylation sites is 2. The zero-order valence-electron chi connectivity index (χ0n) is 14.6. The number of rotatable bonds is 3. The maximum absolute atomic E-state index is 13.1. The van der Waals surface area contributed by atoms with Crippen molar-refractivity contribution in [3.63, 3.8) is 0 Å². The predicted molar refractivity (Wildman–Crippen MR) is 103 cm³/mol. The molecule has 1 amide bonds. The van der Waals surface area contributed by atoms with Crippen LogP contribution < -0.4 is 5.56 Å². The molecule has 2 aromatic heterocycles. The van der Waals surface area contributed by atoms with Gasteiger partial charge in [-0.1, -0.05) is 36.4 Å². The Morgan fingerprint density at radius 1 is 0.962 bits per heavy atom. The first kappa shape index (κ1) is 16.1. The number of carbonyl (C=O) groups excluding carboxylic acids is 1. The van der Waals surface area contributed by atoms with Crippen LogP contribution in [0.25, 0.3) is 21.8 Å². The van der Waals surface area contributed by atoms with E-state index in [0.29, 0.717) is 11.1 Å². The van der Waals surface area contributed by atoms with Crippen LogP contribution in [0.3, 0.4) is 0 Å². The van der Waals surface area contributed by atoms with Gasteiger partial charge in [-0.25, -0.2) is 0 Å². The van der Waals surface area contributed by atoms with Crippen LogP contribution in [0.2, 0.25) is 0 Å². The standard InChI is InChI=1S/C21H19N3O2/c1-13(19-11-14-7-3-5-9-17(14)22-19)24(2)21(26)16-12-20(25)23-18-10-6-4-8-15(16)18/h3-13,22H,1-2H3,(H,23,25). The molecule has 2 N–H and O–H groups in total. The monoisotopic (exact) mass is 345 g/mol. The molecule has 2 aromatic carbocycles. The lowest BCUT2D eigenvalue weighted by Crippen LogP contribution is -2.30. The number of hydrogen-bond donors (Lipinski definition) is 2. The van der Waals surface area contributed by atoms with Gasteiger partial charge in [0, 0.05) is 35.2 Å². The van der Waals surface area contributed by atoms with Crippen molar-refractivity contribution in [3.05, 3.63) is 82.3 Å². The molecule has 4 rings (SSSR count). The van der Waals surface area contributed by atoms with E-state index in [4.69, 9.17) is 0 Å². The van der Waals surface area contributed by atoms with E-state index in [1.54, 1.807) is 18.0 Å². The van der Waals surface area contributed by atoms with Crippen LogP contribution in [0.4, 0.5) is 0 Å². The Balaban J connectivity index is 1.73. The van der Waals surface area contributed by atoms with Gasteiger partial charge >= 0.3 is 0 Å². The van der Waals surface area contributed by atoms with Crippen LogP contribution in [0, 0.1) is 0 Å². The van der Waals surface area contributed by atoms with Crippen LogP contribution in [0.15, 0.2) is 65.5 Å². The molecule has 2 heterocycles. The molecule has 5 heteroatoms. The average molecular weight is 345 g/mol. The molecular weight excluding hydrogens is 326 g/mol. The Morgan fingerprint density at radius 3 is 2.42 bits per heavy atom. The van der Waals surface area contributed by atoms with Crippen LogP contribution in [-0.2, 0) is 0 Å². The van der Waals surface area contributed by atoms with Crippen LogP contribution in [-0.4, -0.2) is 27.8 Å². The lowest BCUT2D eigenvalue weighted by molar-refractivity contribution is 0.0742. The minimum Gasteiger partial charge on any atom is -0.357 e. The SMILES string of the molecule is CC(c1cc2ccccc2[nH]1)N(C)C(=O)c1cc(=O)[nH]c2ccccc12. The number of H-pyrrole nitrogens is 2. The van der Waals surface area contributed by atoms with Crippen LogP contribution in [0.1, 0.15) is 29.0 Å². The molecule has 1 atom stereocenters. The zero-order chi connectivity index (χ0) is 18.3. The van der Waals surface area contributed by atoms with Gasteiger partial charge in [-0.3, -0.25) is 9.59 Å². The van der Waals surface area contributed by atoms with Crippen molar-refractivity contribution in [1.82, 2.24) is 14.9 Å². The molecule has 0 bridgehead atoms. The van der Waals surface area contributed by atoms with E-state index >= 15 is 0 Å². The minimum absolute atomic E-state index is 0.159. The number of benzene rings is 2. The summed E-state index contributed by atoms with van der Waals surface area (Å²) < 4.78 is 0. The number of hydrogen-bond acceptors (Lipinski definition) is 2. The summed E-state index contributed by atoms with van der Waals surface area (Å²) in [5, 5.41) is 1.85. The number of carbonyl (C=O) groups is 1. The van der Waals surface area contributed by atoms with Crippen molar-refractivity contribution in [1.29, 1.82) is 0 Å². The fourth-order valence-electron chi connectivity index (χ4n) is 3.28.